The molecule has 0 unspecified atom stereocenters. The number of aromatic nitrogens is 3. The fourth-order valence-electron chi connectivity index (χ4n) is 2.20. The highest BCUT2D eigenvalue weighted by Gasteiger charge is 2.14. The summed E-state index contributed by atoms with van der Waals surface area (Å²) in [6.45, 7) is 0. The highest BCUT2D eigenvalue weighted by molar-refractivity contribution is 7.98. The Kier molecular flexibility index (Phi) is 4.11. The zero-order chi connectivity index (χ0) is 15.5. The minimum Gasteiger partial charge on any atom is -0.373 e. The number of halogens is 1. The van der Waals surface area contributed by atoms with E-state index in [0.717, 1.165) is 33.5 Å². The van der Waals surface area contributed by atoms with Crippen molar-refractivity contribution in [3.8, 4) is 22.5 Å². The summed E-state index contributed by atoms with van der Waals surface area (Å²) in [6.07, 6.45) is 3.70. The van der Waals surface area contributed by atoms with Crippen molar-refractivity contribution in [1.29, 1.82) is 0 Å². The van der Waals surface area contributed by atoms with Crippen LogP contribution in [0.15, 0.2) is 47.8 Å². The first-order valence-corrected chi connectivity index (χ1v) is 7.98. The van der Waals surface area contributed by atoms with Gasteiger partial charge in [-0.05, 0) is 42.7 Å². The molecule has 0 aliphatic carbocycles. The first-order chi connectivity index (χ1) is 10.7. The lowest BCUT2D eigenvalue weighted by Gasteiger charge is -2.05. The Balaban J connectivity index is 2.14. The number of hydrogen-bond acceptors (Lipinski definition) is 4. The number of rotatable bonds is 4. The molecule has 0 atom stereocenters. The lowest BCUT2D eigenvalue weighted by Crippen LogP contribution is -1.92. The van der Waals surface area contributed by atoms with Gasteiger partial charge in [-0.1, -0.05) is 11.8 Å². The Morgan fingerprint density at radius 2 is 1.91 bits per heavy atom. The summed E-state index contributed by atoms with van der Waals surface area (Å²) in [4.78, 5) is 12.1. The van der Waals surface area contributed by atoms with Gasteiger partial charge in [0.05, 0.1) is 11.4 Å². The normalized spacial score (nSPS) is 10.7. The second kappa shape index (κ2) is 6.19. The first kappa shape index (κ1) is 14.6. The summed E-state index contributed by atoms with van der Waals surface area (Å²) >= 11 is 1.53. The Bertz CT molecular complexity index is 783. The van der Waals surface area contributed by atoms with Crippen molar-refractivity contribution in [2.75, 3.05) is 18.6 Å². The summed E-state index contributed by atoms with van der Waals surface area (Å²) in [7, 11) is 1.82. The topological polar surface area (TPSA) is 53.6 Å². The minimum absolute atomic E-state index is 0.253. The number of benzene rings is 1. The van der Waals surface area contributed by atoms with Crippen molar-refractivity contribution in [3.63, 3.8) is 0 Å². The molecule has 3 aromatic rings. The highest BCUT2D eigenvalue weighted by atomic mass is 32.2. The van der Waals surface area contributed by atoms with E-state index in [1.165, 1.54) is 23.9 Å². The van der Waals surface area contributed by atoms with Gasteiger partial charge in [0, 0.05) is 24.4 Å². The van der Waals surface area contributed by atoms with Crippen LogP contribution in [0.25, 0.3) is 22.5 Å². The number of nitrogens with one attached hydrogen (secondary N) is 2. The molecule has 6 heteroatoms. The molecule has 0 fully saturated rings. The van der Waals surface area contributed by atoms with Gasteiger partial charge in [0.1, 0.15) is 11.6 Å². The van der Waals surface area contributed by atoms with Crippen molar-refractivity contribution in [2.45, 2.75) is 5.16 Å². The molecule has 2 aromatic heterocycles. The van der Waals surface area contributed by atoms with Crippen LogP contribution >= 0.6 is 11.8 Å². The van der Waals surface area contributed by atoms with Crippen LogP contribution in [0.3, 0.4) is 0 Å². The number of hydrogen-bond donors (Lipinski definition) is 2. The van der Waals surface area contributed by atoms with Gasteiger partial charge in [-0.25, -0.2) is 14.4 Å². The van der Waals surface area contributed by atoms with Crippen LogP contribution < -0.4 is 5.32 Å². The molecule has 0 saturated carbocycles. The van der Waals surface area contributed by atoms with Crippen molar-refractivity contribution < 1.29 is 4.39 Å². The summed E-state index contributed by atoms with van der Waals surface area (Å²) < 4.78 is 13.1. The van der Waals surface area contributed by atoms with Gasteiger partial charge in [0.2, 0.25) is 0 Å². The Morgan fingerprint density at radius 3 is 2.59 bits per heavy atom. The quantitative estimate of drug-likeness (QED) is 0.714. The van der Waals surface area contributed by atoms with E-state index < -0.39 is 0 Å². The molecule has 2 N–H and O–H groups in total. The van der Waals surface area contributed by atoms with Gasteiger partial charge < -0.3 is 10.3 Å². The SMILES string of the molecule is CNc1cc(-c2nc(SC)[nH]c2-c2ccc(F)cc2)ccn1. The van der Waals surface area contributed by atoms with E-state index >= 15 is 0 Å². The summed E-state index contributed by atoms with van der Waals surface area (Å²) in [5, 5.41) is 3.84. The molecular formula is C16H15FN4S. The molecular weight excluding hydrogens is 299 g/mol. The molecule has 4 nitrogen and oxygen atoms in total. The van der Waals surface area contributed by atoms with E-state index in [2.05, 4.69) is 20.3 Å². The van der Waals surface area contributed by atoms with Crippen molar-refractivity contribution in [2.24, 2.45) is 0 Å². The smallest absolute Gasteiger partial charge is 0.166 e. The van der Waals surface area contributed by atoms with Gasteiger partial charge >= 0.3 is 0 Å². The van der Waals surface area contributed by atoms with Gasteiger partial charge in [-0.3, -0.25) is 0 Å². The van der Waals surface area contributed by atoms with Crippen LogP contribution in [-0.4, -0.2) is 28.3 Å². The van der Waals surface area contributed by atoms with Gasteiger partial charge in [0.15, 0.2) is 5.16 Å². The largest absolute Gasteiger partial charge is 0.373 e. The van der Waals surface area contributed by atoms with Crippen LogP contribution in [0, 0.1) is 5.82 Å². The number of nitrogens with zero attached hydrogens (tertiary/aromatic N) is 2. The molecule has 3 rings (SSSR count). The lowest BCUT2D eigenvalue weighted by atomic mass is 10.1. The predicted molar refractivity (Wildman–Crippen MR) is 88.5 cm³/mol. The van der Waals surface area contributed by atoms with E-state index in [-0.39, 0.29) is 5.82 Å². The monoisotopic (exact) mass is 314 g/mol. The highest BCUT2D eigenvalue weighted by Crippen LogP contribution is 2.32. The number of aromatic amines is 1. The van der Waals surface area contributed by atoms with Crippen LogP contribution in [0.5, 0.6) is 0 Å². The maximum Gasteiger partial charge on any atom is 0.166 e. The van der Waals surface area contributed by atoms with Crippen molar-refractivity contribution in [1.82, 2.24) is 15.0 Å². The molecule has 1 aromatic carbocycles. The van der Waals surface area contributed by atoms with Crippen LogP contribution in [0.2, 0.25) is 0 Å². The maximum atomic E-state index is 13.1. The Labute approximate surface area is 132 Å². The average Bonchev–Trinajstić information content (AvgIpc) is 3.00. The number of imidazole rings is 1. The van der Waals surface area contributed by atoms with E-state index in [4.69, 9.17) is 0 Å². The second-order valence-corrected chi connectivity index (χ2v) is 5.45. The third kappa shape index (κ3) is 2.82. The average molecular weight is 314 g/mol. The third-order valence-electron chi connectivity index (χ3n) is 3.30. The molecule has 0 bridgehead atoms. The zero-order valence-electron chi connectivity index (χ0n) is 12.2. The fourth-order valence-corrected chi connectivity index (χ4v) is 2.58. The lowest BCUT2D eigenvalue weighted by molar-refractivity contribution is 0.628. The van der Waals surface area contributed by atoms with Crippen LogP contribution in [-0.2, 0) is 0 Å². The molecule has 0 spiro atoms. The minimum atomic E-state index is -0.253. The first-order valence-electron chi connectivity index (χ1n) is 6.75. The number of thioether (sulfide) groups is 1. The molecule has 0 aliphatic heterocycles. The zero-order valence-corrected chi connectivity index (χ0v) is 13.0. The molecule has 2 heterocycles. The fraction of sp³-hybridized carbons (Fsp3) is 0.125. The maximum absolute atomic E-state index is 13.1. The van der Waals surface area contributed by atoms with Gasteiger partial charge in [-0.15, -0.1) is 0 Å². The number of pyridine rings is 1. The third-order valence-corrected chi connectivity index (χ3v) is 3.88. The van der Waals surface area contributed by atoms with E-state index in [0.29, 0.717) is 0 Å². The number of H-pyrrole nitrogens is 1. The second-order valence-electron chi connectivity index (χ2n) is 4.66. The predicted octanol–water partition coefficient (Wildman–Crippen LogP) is 4.04. The standard InChI is InChI=1S/C16H15FN4S/c1-18-13-9-11(7-8-19-13)15-14(20-16(21-15)22-2)10-3-5-12(17)6-4-10/h3-9H,1-2H3,(H,18,19)(H,20,21). The molecule has 0 amide bonds. The van der Waals surface area contributed by atoms with Crippen LogP contribution in [0.4, 0.5) is 10.2 Å². The Morgan fingerprint density at radius 1 is 1.14 bits per heavy atom. The van der Waals surface area contributed by atoms with Gasteiger partial charge in [0.25, 0.3) is 0 Å². The number of anilines is 1. The molecule has 22 heavy (non-hydrogen) atoms. The van der Waals surface area contributed by atoms with E-state index in [1.54, 1.807) is 18.3 Å². The summed E-state index contributed by atoms with van der Waals surface area (Å²) in [6, 6.07) is 10.2. The molecule has 112 valence electrons. The van der Waals surface area contributed by atoms with Gasteiger partial charge in [-0.2, -0.15) is 0 Å². The van der Waals surface area contributed by atoms with E-state index in [9.17, 15) is 4.39 Å². The summed E-state index contributed by atoms with van der Waals surface area (Å²) in [5.74, 6) is 0.521. The van der Waals surface area contributed by atoms with Crippen LogP contribution in [0.1, 0.15) is 0 Å². The molecule has 0 aliphatic rings. The van der Waals surface area contributed by atoms with E-state index in [1.807, 2.05) is 25.4 Å². The Hall–Kier alpha value is -2.34. The van der Waals surface area contributed by atoms with Crippen molar-refractivity contribution in [3.05, 3.63) is 48.4 Å². The summed E-state index contributed by atoms with van der Waals surface area (Å²) in [5.41, 5.74) is 3.55. The molecule has 0 radical (unpaired) electrons. The molecule has 0 saturated heterocycles. The van der Waals surface area contributed by atoms with Crippen molar-refractivity contribution >= 4 is 17.6 Å².